The molecule has 2 aliphatic rings. The third kappa shape index (κ3) is 2.41. The second kappa shape index (κ2) is 5.21. The molecule has 19 heavy (non-hydrogen) atoms. The lowest BCUT2D eigenvalue weighted by Crippen LogP contribution is -2.46. The van der Waals surface area contributed by atoms with Gasteiger partial charge in [-0.1, -0.05) is 0 Å². The maximum atomic E-state index is 12.7. The predicted molar refractivity (Wildman–Crippen MR) is 76.7 cm³/mol. The molecular weight excluding hydrogens is 258 g/mol. The van der Waals surface area contributed by atoms with E-state index in [2.05, 4.69) is 15.2 Å². The maximum Gasteiger partial charge on any atom is 0.266 e. The fourth-order valence-electron chi connectivity index (χ4n) is 3.36. The average molecular weight is 279 g/mol. The van der Waals surface area contributed by atoms with Gasteiger partial charge in [-0.25, -0.2) is 4.98 Å². The van der Waals surface area contributed by atoms with E-state index in [1.54, 1.807) is 0 Å². The molecule has 2 aliphatic heterocycles. The summed E-state index contributed by atoms with van der Waals surface area (Å²) in [5.74, 6) is 0.194. The summed E-state index contributed by atoms with van der Waals surface area (Å²) in [6.07, 6.45) is 4.71. The standard InChI is InChI=1S/C14H21N3OS/c1-9-13(19-10(2)16-9)14(18)17-8-4-6-12(17)11-5-3-7-15-11/h11-12,15H,3-8H2,1-2H3. The van der Waals surface area contributed by atoms with Gasteiger partial charge < -0.3 is 10.2 Å². The fourth-order valence-corrected chi connectivity index (χ4v) is 4.24. The number of amides is 1. The van der Waals surface area contributed by atoms with E-state index < -0.39 is 0 Å². The lowest BCUT2D eigenvalue weighted by atomic mass is 10.0. The molecule has 1 aromatic heterocycles. The van der Waals surface area contributed by atoms with Crippen LogP contribution in [0, 0.1) is 13.8 Å². The van der Waals surface area contributed by atoms with Crippen LogP contribution in [0.5, 0.6) is 0 Å². The number of hydrogen-bond acceptors (Lipinski definition) is 4. The number of rotatable bonds is 2. The van der Waals surface area contributed by atoms with Crippen LogP contribution in [0.25, 0.3) is 0 Å². The first-order chi connectivity index (χ1) is 9.16. The molecule has 2 fully saturated rings. The molecule has 0 spiro atoms. The SMILES string of the molecule is Cc1nc(C)c(C(=O)N2CCCC2C2CCCN2)s1. The second-order valence-electron chi connectivity index (χ2n) is 5.56. The highest BCUT2D eigenvalue weighted by atomic mass is 32.1. The fraction of sp³-hybridized carbons (Fsp3) is 0.714. The molecule has 0 aliphatic carbocycles. The van der Waals surface area contributed by atoms with Gasteiger partial charge in [-0.05, 0) is 46.1 Å². The molecule has 1 amide bonds. The molecule has 3 heterocycles. The Morgan fingerprint density at radius 3 is 2.84 bits per heavy atom. The summed E-state index contributed by atoms with van der Waals surface area (Å²) in [6, 6.07) is 0.887. The van der Waals surface area contributed by atoms with Gasteiger partial charge in [-0.15, -0.1) is 11.3 Å². The quantitative estimate of drug-likeness (QED) is 0.902. The average Bonchev–Trinajstić information content (AvgIpc) is 3.06. The molecule has 1 N–H and O–H groups in total. The normalized spacial score (nSPS) is 27.2. The van der Waals surface area contributed by atoms with Crippen molar-refractivity contribution in [2.45, 2.75) is 51.6 Å². The minimum absolute atomic E-state index is 0.194. The minimum atomic E-state index is 0.194. The highest BCUT2D eigenvalue weighted by Gasteiger charge is 2.37. The largest absolute Gasteiger partial charge is 0.333 e. The number of nitrogens with one attached hydrogen (secondary N) is 1. The first-order valence-electron chi connectivity index (χ1n) is 7.15. The van der Waals surface area contributed by atoms with E-state index in [9.17, 15) is 4.79 Å². The van der Waals surface area contributed by atoms with Crippen molar-refractivity contribution in [2.75, 3.05) is 13.1 Å². The molecule has 2 saturated heterocycles. The van der Waals surface area contributed by atoms with Crippen molar-refractivity contribution in [2.24, 2.45) is 0 Å². The van der Waals surface area contributed by atoms with Crippen LogP contribution in [0.4, 0.5) is 0 Å². The Hall–Kier alpha value is -0.940. The number of aryl methyl sites for hydroxylation is 2. The summed E-state index contributed by atoms with van der Waals surface area (Å²) in [5, 5.41) is 4.53. The third-order valence-electron chi connectivity index (χ3n) is 4.22. The van der Waals surface area contributed by atoms with Crippen LogP contribution in [0.15, 0.2) is 0 Å². The highest BCUT2D eigenvalue weighted by Crippen LogP contribution is 2.28. The van der Waals surface area contributed by atoms with E-state index in [0.29, 0.717) is 12.1 Å². The number of likely N-dealkylation sites (tertiary alicyclic amines) is 1. The summed E-state index contributed by atoms with van der Waals surface area (Å²) >= 11 is 1.53. The molecule has 0 saturated carbocycles. The van der Waals surface area contributed by atoms with Gasteiger partial charge in [0.05, 0.1) is 10.7 Å². The Bertz CT molecular complexity index is 479. The van der Waals surface area contributed by atoms with Crippen molar-refractivity contribution in [3.8, 4) is 0 Å². The monoisotopic (exact) mass is 279 g/mol. The second-order valence-corrected chi connectivity index (χ2v) is 6.76. The van der Waals surface area contributed by atoms with E-state index in [4.69, 9.17) is 0 Å². The Morgan fingerprint density at radius 1 is 1.37 bits per heavy atom. The maximum absolute atomic E-state index is 12.7. The van der Waals surface area contributed by atoms with Gasteiger partial charge in [0.15, 0.2) is 0 Å². The summed E-state index contributed by atoms with van der Waals surface area (Å²) in [6.45, 7) is 5.91. The molecule has 104 valence electrons. The lowest BCUT2D eigenvalue weighted by Gasteiger charge is -2.29. The third-order valence-corrected chi connectivity index (χ3v) is 5.28. The van der Waals surface area contributed by atoms with Gasteiger partial charge in [0.25, 0.3) is 5.91 Å². The van der Waals surface area contributed by atoms with Crippen LogP contribution in [-0.2, 0) is 0 Å². The predicted octanol–water partition coefficient (Wildman–Crippen LogP) is 2.12. The summed E-state index contributed by atoms with van der Waals surface area (Å²) in [5.41, 5.74) is 0.887. The van der Waals surface area contributed by atoms with Crippen LogP contribution >= 0.6 is 11.3 Å². The van der Waals surface area contributed by atoms with Crippen molar-refractivity contribution in [3.05, 3.63) is 15.6 Å². The van der Waals surface area contributed by atoms with Gasteiger partial charge in [0.1, 0.15) is 4.88 Å². The van der Waals surface area contributed by atoms with Gasteiger partial charge in [0, 0.05) is 18.6 Å². The summed E-state index contributed by atoms with van der Waals surface area (Å²) < 4.78 is 0. The number of aromatic nitrogens is 1. The lowest BCUT2D eigenvalue weighted by molar-refractivity contribution is 0.0715. The first-order valence-corrected chi connectivity index (χ1v) is 7.97. The van der Waals surface area contributed by atoms with Gasteiger partial charge in [-0.2, -0.15) is 0 Å². The molecule has 1 aromatic rings. The first kappa shape index (κ1) is 13.1. The number of carbonyl (C=O) groups excluding carboxylic acids is 1. The van der Waals surface area contributed by atoms with Crippen molar-refractivity contribution < 1.29 is 4.79 Å². The molecule has 2 unspecified atom stereocenters. The minimum Gasteiger partial charge on any atom is -0.333 e. The van der Waals surface area contributed by atoms with Crippen molar-refractivity contribution in [1.82, 2.24) is 15.2 Å². The topological polar surface area (TPSA) is 45.2 Å². The number of thiazole rings is 1. The molecular formula is C14H21N3OS. The number of hydrogen-bond donors (Lipinski definition) is 1. The molecule has 0 aromatic carbocycles. The Labute approximate surface area is 118 Å². The number of carbonyl (C=O) groups is 1. The Balaban J connectivity index is 1.80. The zero-order chi connectivity index (χ0) is 13.4. The Kier molecular flexibility index (Phi) is 3.58. The van der Waals surface area contributed by atoms with Gasteiger partial charge >= 0.3 is 0 Å². The van der Waals surface area contributed by atoms with E-state index in [1.807, 2.05) is 13.8 Å². The smallest absolute Gasteiger partial charge is 0.266 e. The molecule has 2 atom stereocenters. The molecule has 3 rings (SSSR count). The van der Waals surface area contributed by atoms with Crippen molar-refractivity contribution >= 4 is 17.2 Å². The van der Waals surface area contributed by atoms with Crippen molar-refractivity contribution in [3.63, 3.8) is 0 Å². The summed E-state index contributed by atoms with van der Waals surface area (Å²) in [4.78, 5) is 20.0. The van der Waals surface area contributed by atoms with Crippen LogP contribution in [0.2, 0.25) is 0 Å². The molecule has 0 bridgehead atoms. The van der Waals surface area contributed by atoms with Gasteiger partial charge in [-0.3, -0.25) is 4.79 Å². The van der Waals surface area contributed by atoms with E-state index in [-0.39, 0.29) is 5.91 Å². The van der Waals surface area contributed by atoms with E-state index >= 15 is 0 Å². The van der Waals surface area contributed by atoms with E-state index in [1.165, 1.54) is 24.2 Å². The zero-order valence-corrected chi connectivity index (χ0v) is 12.4. The van der Waals surface area contributed by atoms with Crippen LogP contribution in [-0.4, -0.2) is 41.0 Å². The van der Waals surface area contributed by atoms with Gasteiger partial charge in [0.2, 0.25) is 0 Å². The van der Waals surface area contributed by atoms with Crippen LogP contribution in [0.1, 0.15) is 46.1 Å². The molecule has 0 radical (unpaired) electrons. The molecule has 4 nitrogen and oxygen atoms in total. The Morgan fingerprint density at radius 2 is 2.21 bits per heavy atom. The zero-order valence-electron chi connectivity index (χ0n) is 11.6. The highest BCUT2D eigenvalue weighted by molar-refractivity contribution is 7.13. The number of nitrogens with zero attached hydrogens (tertiary/aromatic N) is 2. The van der Waals surface area contributed by atoms with E-state index in [0.717, 1.165) is 41.5 Å². The van der Waals surface area contributed by atoms with Crippen LogP contribution < -0.4 is 5.32 Å². The summed E-state index contributed by atoms with van der Waals surface area (Å²) in [7, 11) is 0. The molecule has 5 heteroatoms. The van der Waals surface area contributed by atoms with Crippen molar-refractivity contribution in [1.29, 1.82) is 0 Å². The van der Waals surface area contributed by atoms with Crippen LogP contribution in [0.3, 0.4) is 0 Å².